The lowest BCUT2D eigenvalue weighted by Crippen LogP contribution is -2.45. The number of hydrogen-bond acceptors (Lipinski definition) is 3. The monoisotopic (exact) mass is 381 g/mol. The lowest BCUT2D eigenvalue weighted by Gasteiger charge is -2.26. The molecule has 0 aromatic carbocycles. The van der Waals surface area contributed by atoms with E-state index in [-0.39, 0.29) is 11.7 Å². The Labute approximate surface area is 164 Å². The summed E-state index contributed by atoms with van der Waals surface area (Å²) in [5.74, 6) is -1.12. The number of thiol groups is 1. The van der Waals surface area contributed by atoms with Gasteiger partial charge in [-0.25, -0.2) is 4.79 Å². The molecule has 0 fully saturated rings. The largest absolute Gasteiger partial charge is 0.480 e. The molecule has 4 nitrogen and oxygen atoms in total. The summed E-state index contributed by atoms with van der Waals surface area (Å²) in [6.45, 7) is 10.3. The molecule has 26 heavy (non-hydrogen) atoms. The van der Waals surface area contributed by atoms with Crippen LogP contribution in [0.3, 0.4) is 0 Å². The van der Waals surface area contributed by atoms with Gasteiger partial charge < -0.3 is 10.0 Å². The van der Waals surface area contributed by atoms with Crippen molar-refractivity contribution in [1.82, 2.24) is 4.90 Å². The molecule has 1 atom stereocenters. The van der Waals surface area contributed by atoms with E-state index in [1.165, 1.54) is 28.5 Å². The zero-order valence-electron chi connectivity index (χ0n) is 16.9. The van der Waals surface area contributed by atoms with Crippen molar-refractivity contribution in [2.75, 3.05) is 12.3 Å². The molecule has 0 spiro atoms. The Morgan fingerprint density at radius 2 is 1.42 bits per heavy atom. The van der Waals surface area contributed by atoms with Gasteiger partial charge in [0, 0.05) is 19.2 Å². The Bertz CT molecular complexity index is 545. The molecule has 0 heterocycles. The lowest BCUT2D eigenvalue weighted by atomic mass is 10.1. The van der Waals surface area contributed by atoms with Crippen molar-refractivity contribution in [2.45, 2.75) is 72.8 Å². The molecule has 0 aromatic rings. The molecule has 148 valence electrons. The molecule has 0 aliphatic heterocycles. The van der Waals surface area contributed by atoms with Crippen molar-refractivity contribution in [1.29, 1.82) is 0 Å². The highest BCUT2D eigenvalue weighted by atomic mass is 32.1. The van der Waals surface area contributed by atoms with Gasteiger partial charge in [0.25, 0.3) is 0 Å². The van der Waals surface area contributed by atoms with Gasteiger partial charge in [-0.3, -0.25) is 4.79 Å². The second kappa shape index (κ2) is 13.7. The van der Waals surface area contributed by atoms with Gasteiger partial charge in [-0.15, -0.1) is 0 Å². The molecule has 0 radical (unpaired) electrons. The minimum Gasteiger partial charge on any atom is -0.480 e. The van der Waals surface area contributed by atoms with E-state index in [1.807, 2.05) is 0 Å². The third kappa shape index (κ3) is 11.2. The second-order valence-electron chi connectivity index (χ2n) is 7.00. The van der Waals surface area contributed by atoms with Crippen molar-refractivity contribution < 1.29 is 14.7 Å². The average molecular weight is 382 g/mol. The van der Waals surface area contributed by atoms with Crippen LogP contribution in [-0.2, 0) is 9.59 Å². The van der Waals surface area contributed by atoms with E-state index in [0.717, 1.165) is 25.7 Å². The molecule has 0 aromatic heterocycles. The topological polar surface area (TPSA) is 57.6 Å². The maximum Gasteiger partial charge on any atom is 0.327 e. The van der Waals surface area contributed by atoms with Crippen LogP contribution in [0.2, 0.25) is 0 Å². The predicted octanol–water partition coefficient (Wildman–Crippen LogP) is 5.03. The minimum atomic E-state index is -1.01. The third-order valence-corrected chi connectivity index (χ3v) is 4.57. The van der Waals surface area contributed by atoms with Crippen molar-refractivity contribution >= 4 is 24.5 Å². The molecule has 0 unspecified atom stereocenters. The molecular weight excluding hydrogens is 346 g/mol. The molecule has 0 saturated heterocycles. The van der Waals surface area contributed by atoms with Crippen LogP contribution in [0.1, 0.15) is 66.7 Å². The summed E-state index contributed by atoms with van der Waals surface area (Å²) in [4.78, 5) is 24.3. The fourth-order valence-corrected chi connectivity index (χ4v) is 2.98. The molecule has 0 aliphatic rings. The van der Waals surface area contributed by atoms with Crippen molar-refractivity contribution in [3.8, 4) is 0 Å². The van der Waals surface area contributed by atoms with Crippen LogP contribution in [0, 0.1) is 0 Å². The molecule has 0 aliphatic carbocycles. The number of carboxylic acid groups (broad SMARTS) is 1. The van der Waals surface area contributed by atoms with Crippen LogP contribution in [0.5, 0.6) is 0 Å². The van der Waals surface area contributed by atoms with E-state index in [0.29, 0.717) is 13.0 Å². The van der Waals surface area contributed by atoms with Crippen molar-refractivity contribution in [2.24, 2.45) is 0 Å². The van der Waals surface area contributed by atoms with E-state index in [2.05, 4.69) is 58.6 Å². The molecule has 0 rings (SSSR count). The molecule has 0 saturated carbocycles. The van der Waals surface area contributed by atoms with Crippen LogP contribution in [0.4, 0.5) is 0 Å². The number of nitrogens with zero attached hydrogens (tertiary/aromatic N) is 1. The summed E-state index contributed by atoms with van der Waals surface area (Å²) >= 11 is 4.05. The number of rotatable bonds is 12. The quantitative estimate of drug-likeness (QED) is 0.368. The molecule has 0 bridgehead atoms. The maximum absolute atomic E-state index is 11.7. The van der Waals surface area contributed by atoms with Gasteiger partial charge in [0.1, 0.15) is 6.04 Å². The number of carbonyl (C=O) groups is 2. The first-order chi connectivity index (χ1) is 12.2. The van der Waals surface area contributed by atoms with Gasteiger partial charge in [-0.2, -0.15) is 12.6 Å². The van der Waals surface area contributed by atoms with Gasteiger partial charge >= 0.3 is 5.97 Å². The second-order valence-corrected chi connectivity index (χ2v) is 7.36. The van der Waals surface area contributed by atoms with E-state index in [4.69, 9.17) is 0 Å². The van der Waals surface area contributed by atoms with Gasteiger partial charge in [0.15, 0.2) is 0 Å². The van der Waals surface area contributed by atoms with Crippen LogP contribution in [0.15, 0.2) is 34.9 Å². The number of aliphatic carboxylic acids is 1. The highest BCUT2D eigenvalue weighted by Crippen LogP contribution is 2.12. The molecule has 5 heteroatoms. The van der Waals surface area contributed by atoms with E-state index >= 15 is 0 Å². The minimum absolute atomic E-state index is 0.119. The first-order valence-electron chi connectivity index (χ1n) is 9.24. The van der Waals surface area contributed by atoms with Crippen molar-refractivity contribution in [3.05, 3.63) is 34.9 Å². The molecule has 1 N–H and O–H groups in total. The van der Waals surface area contributed by atoms with Gasteiger partial charge in [-0.1, -0.05) is 34.9 Å². The van der Waals surface area contributed by atoms with Gasteiger partial charge in [-0.05, 0) is 59.8 Å². The van der Waals surface area contributed by atoms with E-state index < -0.39 is 12.0 Å². The number of allylic oxidation sites excluding steroid dienone is 5. The van der Waals surface area contributed by atoms with Gasteiger partial charge in [0.2, 0.25) is 5.91 Å². The Morgan fingerprint density at radius 1 is 0.923 bits per heavy atom. The smallest absolute Gasteiger partial charge is 0.327 e. The SMILES string of the molecule is CC(=O)N(CCC=C(C)CCC=C(C)CCC=C(C)C)[C@@H](CS)C(=O)O. The number of hydrogen-bond donors (Lipinski definition) is 2. The fourth-order valence-electron chi connectivity index (χ4n) is 2.63. The van der Waals surface area contributed by atoms with Crippen LogP contribution < -0.4 is 0 Å². The summed E-state index contributed by atoms with van der Waals surface area (Å²) in [5.41, 5.74) is 4.04. The van der Waals surface area contributed by atoms with Gasteiger partial charge in [0.05, 0.1) is 0 Å². The summed E-state index contributed by atoms with van der Waals surface area (Å²) < 4.78 is 0. The zero-order valence-corrected chi connectivity index (χ0v) is 17.8. The lowest BCUT2D eigenvalue weighted by molar-refractivity contribution is -0.148. The first-order valence-corrected chi connectivity index (χ1v) is 9.87. The Balaban J connectivity index is 4.40. The van der Waals surface area contributed by atoms with Crippen LogP contribution in [0.25, 0.3) is 0 Å². The van der Waals surface area contributed by atoms with Crippen molar-refractivity contribution in [3.63, 3.8) is 0 Å². The first kappa shape index (κ1) is 24.5. The standard InChI is InChI=1S/C21H35NO3S/c1-16(2)9-6-10-17(3)11-7-12-18(4)13-8-14-22(19(5)23)20(15-26)21(24)25/h9,11,13,20,26H,6-8,10,12,14-15H2,1-5H3,(H,24,25)/t20-/m0/s1. The number of carboxylic acids is 1. The van der Waals surface area contributed by atoms with E-state index in [1.54, 1.807) is 0 Å². The van der Waals surface area contributed by atoms with E-state index in [9.17, 15) is 14.7 Å². The summed E-state index contributed by atoms with van der Waals surface area (Å²) in [5, 5.41) is 9.19. The highest BCUT2D eigenvalue weighted by Gasteiger charge is 2.25. The summed E-state index contributed by atoms with van der Waals surface area (Å²) in [6.07, 6.45) is 11.5. The molecular formula is C21H35NO3S. The fraction of sp³-hybridized carbons (Fsp3) is 0.619. The zero-order chi connectivity index (χ0) is 20.1. The highest BCUT2D eigenvalue weighted by molar-refractivity contribution is 7.80. The predicted molar refractivity (Wildman–Crippen MR) is 113 cm³/mol. The summed E-state index contributed by atoms with van der Waals surface area (Å²) in [7, 11) is 0. The number of amides is 1. The molecule has 1 amide bonds. The Hall–Kier alpha value is -1.49. The normalized spacial score (nSPS) is 13.3. The Kier molecular flexibility index (Phi) is 12.9. The van der Waals surface area contributed by atoms with Crippen LogP contribution >= 0.6 is 12.6 Å². The Morgan fingerprint density at radius 3 is 1.85 bits per heavy atom. The summed E-state index contributed by atoms with van der Waals surface area (Å²) in [6, 6.07) is -0.865. The number of carbonyl (C=O) groups excluding carboxylic acids is 1. The third-order valence-electron chi connectivity index (χ3n) is 4.22. The maximum atomic E-state index is 11.7. The van der Waals surface area contributed by atoms with Crippen LogP contribution in [-0.4, -0.2) is 40.2 Å². The average Bonchev–Trinajstić information content (AvgIpc) is 2.53.